The maximum absolute atomic E-state index is 12.2. The summed E-state index contributed by atoms with van der Waals surface area (Å²) in [6, 6.07) is 15.0. The molecular weight excluding hydrogens is 292 g/mol. The molecule has 1 heterocycles. The van der Waals surface area contributed by atoms with Crippen molar-refractivity contribution in [2.45, 2.75) is 13.1 Å². The third-order valence-electron chi connectivity index (χ3n) is 3.88. The van der Waals surface area contributed by atoms with Crippen molar-refractivity contribution in [2.75, 3.05) is 13.7 Å². The summed E-state index contributed by atoms with van der Waals surface area (Å²) < 4.78 is 5.09. The Hall–Kier alpha value is -2.82. The lowest BCUT2D eigenvalue weighted by atomic mass is 10.1. The molecule has 0 atom stereocenters. The number of amides is 2. The number of hydrogen-bond acceptors (Lipinski definition) is 3. The average molecular weight is 310 g/mol. The maximum atomic E-state index is 12.2. The molecule has 118 valence electrons. The summed E-state index contributed by atoms with van der Waals surface area (Å²) in [7, 11) is 1.61. The van der Waals surface area contributed by atoms with Gasteiger partial charge in [0.25, 0.3) is 5.91 Å². The molecule has 5 heteroatoms. The van der Waals surface area contributed by atoms with Crippen LogP contribution in [0.2, 0.25) is 0 Å². The first-order valence-electron chi connectivity index (χ1n) is 7.44. The molecular formula is C18H18N2O3. The summed E-state index contributed by atoms with van der Waals surface area (Å²) in [6.07, 6.45) is 0. The van der Waals surface area contributed by atoms with Crippen molar-refractivity contribution in [3.05, 3.63) is 65.2 Å². The summed E-state index contributed by atoms with van der Waals surface area (Å²) in [5.74, 6) is 0.530. The van der Waals surface area contributed by atoms with E-state index < -0.39 is 0 Å². The first-order chi connectivity index (χ1) is 11.2. The lowest BCUT2D eigenvalue weighted by molar-refractivity contribution is -0.122. The largest absolute Gasteiger partial charge is 0.497 e. The van der Waals surface area contributed by atoms with Crippen LogP contribution in [0.25, 0.3) is 0 Å². The molecule has 2 aromatic carbocycles. The number of carbonyl (C=O) groups excluding carboxylic acids is 2. The Morgan fingerprint density at radius 1 is 1.17 bits per heavy atom. The van der Waals surface area contributed by atoms with Crippen LogP contribution in [-0.2, 0) is 17.9 Å². The highest BCUT2D eigenvalue weighted by Crippen LogP contribution is 2.21. The minimum absolute atomic E-state index is 0.0731. The van der Waals surface area contributed by atoms with E-state index in [2.05, 4.69) is 5.32 Å². The summed E-state index contributed by atoms with van der Waals surface area (Å²) in [4.78, 5) is 25.8. The lowest BCUT2D eigenvalue weighted by Gasteiger charge is -2.15. The van der Waals surface area contributed by atoms with Crippen LogP contribution in [0.4, 0.5) is 0 Å². The highest BCUT2D eigenvalue weighted by Gasteiger charge is 2.27. The van der Waals surface area contributed by atoms with Gasteiger partial charge in [0.05, 0.1) is 7.11 Å². The molecule has 2 amide bonds. The molecule has 0 aromatic heterocycles. The van der Waals surface area contributed by atoms with Gasteiger partial charge in [0.15, 0.2) is 0 Å². The Morgan fingerprint density at radius 3 is 2.61 bits per heavy atom. The van der Waals surface area contributed by atoms with Gasteiger partial charge in [-0.05, 0) is 29.3 Å². The molecule has 1 aliphatic heterocycles. The van der Waals surface area contributed by atoms with E-state index in [1.165, 1.54) is 0 Å². The Morgan fingerprint density at radius 2 is 1.91 bits per heavy atom. The molecule has 2 aromatic rings. The van der Waals surface area contributed by atoms with Gasteiger partial charge >= 0.3 is 0 Å². The molecule has 0 radical (unpaired) electrons. The van der Waals surface area contributed by atoms with Gasteiger partial charge in [0.2, 0.25) is 5.91 Å². The van der Waals surface area contributed by atoms with Gasteiger partial charge in [-0.25, -0.2) is 0 Å². The van der Waals surface area contributed by atoms with E-state index in [1.54, 1.807) is 18.1 Å². The van der Waals surface area contributed by atoms with Gasteiger partial charge in [-0.3, -0.25) is 9.59 Å². The zero-order valence-corrected chi connectivity index (χ0v) is 12.9. The van der Waals surface area contributed by atoms with E-state index in [0.29, 0.717) is 18.7 Å². The van der Waals surface area contributed by atoms with Gasteiger partial charge in [-0.15, -0.1) is 0 Å². The van der Waals surface area contributed by atoms with Crippen LogP contribution in [-0.4, -0.2) is 30.4 Å². The number of nitrogens with zero attached hydrogens (tertiary/aromatic N) is 1. The summed E-state index contributed by atoms with van der Waals surface area (Å²) >= 11 is 0. The number of carbonyl (C=O) groups is 2. The van der Waals surface area contributed by atoms with E-state index >= 15 is 0 Å². The Bertz CT molecular complexity index is 725. The fourth-order valence-electron chi connectivity index (χ4n) is 2.62. The first-order valence-corrected chi connectivity index (χ1v) is 7.44. The minimum Gasteiger partial charge on any atom is -0.497 e. The predicted octanol–water partition coefficient (Wildman–Crippen LogP) is 1.97. The number of rotatable bonds is 5. The van der Waals surface area contributed by atoms with Crippen LogP contribution < -0.4 is 10.1 Å². The van der Waals surface area contributed by atoms with Crippen LogP contribution in [0, 0.1) is 0 Å². The smallest absolute Gasteiger partial charge is 0.254 e. The monoisotopic (exact) mass is 310 g/mol. The van der Waals surface area contributed by atoms with E-state index in [1.807, 2.05) is 42.5 Å². The van der Waals surface area contributed by atoms with Gasteiger partial charge in [0.1, 0.15) is 12.3 Å². The Balaban J connectivity index is 1.53. The molecule has 1 N–H and O–H groups in total. The molecule has 0 unspecified atom stereocenters. The molecule has 23 heavy (non-hydrogen) atoms. The van der Waals surface area contributed by atoms with Crippen LogP contribution in [0.5, 0.6) is 5.75 Å². The van der Waals surface area contributed by atoms with Gasteiger partial charge in [-0.2, -0.15) is 0 Å². The molecule has 0 saturated carbocycles. The van der Waals surface area contributed by atoms with Gasteiger partial charge in [-0.1, -0.05) is 30.3 Å². The van der Waals surface area contributed by atoms with E-state index in [9.17, 15) is 9.59 Å². The minimum atomic E-state index is -0.165. The van der Waals surface area contributed by atoms with Crippen molar-refractivity contribution in [2.24, 2.45) is 0 Å². The van der Waals surface area contributed by atoms with Crippen LogP contribution in [0.3, 0.4) is 0 Å². The van der Waals surface area contributed by atoms with Crippen molar-refractivity contribution in [1.82, 2.24) is 10.2 Å². The second-order valence-electron chi connectivity index (χ2n) is 5.44. The molecule has 0 fully saturated rings. The van der Waals surface area contributed by atoms with Crippen LogP contribution in [0.15, 0.2) is 48.5 Å². The first kappa shape index (κ1) is 15.1. The number of benzene rings is 2. The third-order valence-corrected chi connectivity index (χ3v) is 3.88. The number of fused-ring (bicyclic) bond motifs is 1. The number of nitrogens with one attached hydrogen (secondary N) is 1. The zero-order chi connectivity index (χ0) is 16.2. The summed E-state index contributed by atoms with van der Waals surface area (Å²) in [6.45, 7) is 0.992. The fraction of sp³-hybridized carbons (Fsp3) is 0.222. The molecule has 1 aliphatic rings. The highest BCUT2D eigenvalue weighted by molar-refractivity contribution is 6.00. The van der Waals surface area contributed by atoms with Crippen LogP contribution in [0.1, 0.15) is 21.5 Å². The SMILES string of the molecule is COc1ccc(CNC(=O)CN2Cc3ccccc3C2=O)cc1. The van der Waals surface area contributed by atoms with Crippen molar-refractivity contribution < 1.29 is 14.3 Å². The molecule has 5 nitrogen and oxygen atoms in total. The molecule has 0 bridgehead atoms. The number of ether oxygens (including phenoxy) is 1. The molecule has 0 saturated heterocycles. The number of hydrogen-bond donors (Lipinski definition) is 1. The Labute approximate surface area is 134 Å². The van der Waals surface area contributed by atoms with E-state index in [-0.39, 0.29) is 18.4 Å². The van der Waals surface area contributed by atoms with Crippen molar-refractivity contribution in [3.8, 4) is 5.75 Å². The zero-order valence-electron chi connectivity index (χ0n) is 12.9. The number of methoxy groups -OCH3 is 1. The van der Waals surface area contributed by atoms with Crippen LogP contribution >= 0.6 is 0 Å². The predicted molar refractivity (Wildman–Crippen MR) is 86.0 cm³/mol. The fourth-order valence-corrected chi connectivity index (χ4v) is 2.62. The van der Waals surface area contributed by atoms with E-state index in [4.69, 9.17) is 4.74 Å². The molecule has 3 rings (SSSR count). The molecule has 0 aliphatic carbocycles. The van der Waals surface area contributed by atoms with Crippen molar-refractivity contribution >= 4 is 11.8 Å². The van der Waals surface area contributed by atoms with Crippen molar-refractivity contribution in [3.63, 3.8) is 0 Å². The second-order valence-corrected chi connectivity index (χ2v) is 5.44. The van der Waals surface area contributed by atoms with Crippen molar-refractivity contribution in [1.29, 1.82) is 0 Å². The second kappa shape index (κ2) is 6.52. The average Bonchev–Trinajstić information content (AvgIpc) is 2.90. The normalized spacial score (nSPS) is 12.9. The summed E-state index contributed by atoms with van der Waals surface area (Å²) in [5, 5.41) is 2.84. The Kier molecular flexibility index (Phi) is 4.28. The van der Waals surface area contributed by atoms with Gasteiger partial charge < -0.3 is 15.0 Å². The standard InChI is InChI=1S/C18H18N2O3/c1-23-15-8-6-13(7-9-15)10-19-17(21)12-20-11-14-4-2-3-5-16(14)18(20)22/h2-9H,10-12H2,1H3,(H,19,21). The summed E-state index contributed by atoms with van der Waals surface area (Å²) in [5.41, 5.74) is 2.64. The third kappa shape index (κ3) is 3.34. The maximum Gasteiger partial charge on any atom is 0.254 e. The lowest BCUT2D eigenvalue weighted by Crippen LogP contribution is -2.37. The quantitative estimate of drug-likeness (QED) is 0.918. The highest BCUT2D eigenvalue weighted by atomic mass is 16.5. The topological polar surface area (TPSA) is 58.6 Å². The van der Waals surface area contributed by atoms with Gasteiger partial charge in [0, 0.05) is 18.7 Å². The molecule has 0 spiro atoms. The van der Waals surface area contributed by atoms with E-state index in [0.717, 1.165) is 16.9 Å².